The molecule has 0 spiro atoms. The largest absolute Gasteiger partial charge is 0.325 e. The van der Waals surface area contributed by atoms with Gasteiger partial charge in [0.1, 0.15) is 5.82 Å². The fraction of sp³-hybridized carbons (Fsp3) is 0.316. The maximum Gasteiger partial charge on any atom is 0.238 e. The first-order valence-corrected chi connectivity index (χ1v) is 9.12. The van der Waals surface area contributed by atoms with Gasteiger partial charge in [-0.25, -0.2) is 4.39 Å². The van der Waals surface area contributed by atoms with Crippen molar-refractivity contribution in [1.82, 2.24) is 9.80 Å². The molecule has 1 amide bonds. The Balaban J connectivity index is 1.42. The third-order valence-electron chi connectivity index (χ3n) is 4.28. The summed E-state index contributed by atoms with van der Waals surface area (Å²) in [5, 5.41) is 2.81. The van der Waals surface area contributed by atoms with E-state index >= 15 is 0 Å². The summed E-state index contributed by atoms with van der Waals surface area (Å²) in [4.78, 5) is 16.7. The Labute approximate surface area is 155 Å². The van der Waals surface area contributed by atoms with Gasteiger partial charge < -0.3 is 5.32 Å². The Kier molecular flexibility index (Phi) is 6.18. The van der Waals surface area contributed by atoms with E-state index in [4.69, 9.17) is 0 Å². The highest BCUT2D eigenvalue weighted by molar-refractivity contribution is 9.10. The van der Waals surface area contributed by atoms with Crippen LogP contribution in [0, 0.1) is 5.82 Å². The van der Waals surface area contributed by atoms with Gasteiger partial charge in [-0.3, -0.25) is 14.6 Å². The average molecular weight is 406 g/mol. The van der Waals surface area contributed by atoms with Gasteiger partial charge in [0.25, 0.3) is 0 Å². The zero-order valence-electron chi connectivity index (χ0n) is 13.9. The Morgan fingerprint density at radius 2 is 1.56 bits per heavy atom. The highest BCUT2D eigenvalue weighted by Gasteiger charge is 2.19. The Morgan fingerprint density at radius 1 is 0.960 bits per heavy atom. The van der Waals surface area contributed by atoms with Crippen molar-refractivity contribution in [2.45, 2.75) is 6.54 Å². The standard InChI is InChI=1S/C19H21BrFN3O/c20-16-3-1-15(2-4-16)13-23-9-11-24(12-10-23)14-19(25)22-18-7-5-17(21)6-8-18/h1-8H,9-14H2,(H,22,25). The predicted octanol–water partition coefficient (Wildman–Crippen LogP) is 3.34. The van der Waals surface area contributed by atoms with Crippen LogP contribution in [0.25, 0.3) is 0 Å². The van der Waals surface area contributed by atoms with Crippen molar-refractivity contribution < 1.29 is 9.18 Å². The first-order chi connectivity index (χ1) is 12.1. The fourth-order valence-corrected chi connectivity index (χ4v) is 3.15. The van der Waals surface area contributed by atoms with Gasteiger partial charge in [-0.15, -0.1) is 0 Å². The van der Waals surface area contributed by atoms with Gasteiger partial charge in [-0.05, 0) is 42.0 Å². The summed E-state index contributed by atoms with van der Waals surface area (Å²) in [5.74, 6) is -0.368. The molecule has 2 aromatic rings. The molecule has 0 unspecified atom stereocenters. The molecule has 132 valence electrons. The van der Waals surface area contributed by atoms with Crippen LogP contribution < -0.4 is 5.32 Å². The van der Waals surface area contributed by atoms with Gasteiger partial charge in [0, 0.05) is 42.9 Å². The molecule has 0 bridgehead atoms. The Bertz CT molecular complexity index is 698. The van der Waals surface area contributed by atoms with Crippen molar-refractivity contribution in [2.75, 3.05) is 38.0 Å². The molecule has 25 heavy (non-hydrogen) atoms. The lowest BCUT2D eigenvalue weighted by Crippen LogP contribution is -2.48. The maximum absolute atomic E-state index is 12.9. The van der Waals surface area contributed by atoms with E-state index in [1.165, 1.54) is 17.7 Å². The van der Waals surface area contributed by atoms with E-state index in [1.807, 2.05) is 0 Å². The van der Waals surface area contributed by atoms with Crippen molar-refractivity contribution in [1.29, 1.82) is 0 Å². The second kappa shape index (κ2) is 8.56. The predicted molar refractivity (Wildman–Crippen MR) is 101 cm³/mol. The number of carbonyl (C=O) groups excluding carboxylic acids is 1. The van der Waals surface area contributed by atoms with E-state index in [2.05, 4.69) is 55.3 Å². The molecule has 1 heterocycles. The SMILES string of the molecule is O=C(CN1CCN(Cc2ccc(Br)cc2)CC1)Nc1ccc(F)cc1. The molecule has 6 heteroatoms. The molecule has 3 rings (SSSR count). The average Bonchev–Trinajstić information content (AvgIpc) is 2.61. The molecule has 0 saturated carbocycles. The van der Waals surface area contributed by atoms with Gasteiger partial charge >= 0.3 is 0 Å². The third-order valence-corrected chi connectivity index (χ3v) is 4.81. The number of benzene rings is 2. The van der Waals surface area contributed by atoms with Gasteiger partial charge in [0.2, 0.25) is 5.91 Å². The molecule has 0 radical (unpaired) electrons. The van der Waals surface area contributed by atoms with Crippen LogP contribution in [0.2, 0.25) is 0 Å². The summed E-state index contributed by atoms with van der Waals surface area (Å²) in [6, 6.07) is 14.2. The number of carbonyl (C=O) groups is 1. The van der Waals surface area contributed by atoms with Gasteiger partial charge in [-0.2, -0.15) is 0 Å². The minimum Gasteiger partial charge on any atom is -0.325 e. The molecular formula is C19H21BrFN3O. The first-order valence-electron chi connectivity index (χ1n) is 8.33. The molecule has 1 aliphatic heterocycles. The molecule has 0 aromatic heterocycles. The van der Waals surface area contributed by atoms with Crippen LogP contribution in [0.1, 0.15) is 5.56 Å². The first kappa shape index (κ1) is 18.0. The second-order valence-electron chi connectivity index (χ2n) is 6.23. The quantitative estimate of drug-likeness (QED) is 0.828. The Hall–Kier alpha value is -1.76. The van der Waals surface area contributed by atoms with Crippen LogP contribution in [-0.4, -0.2) is 48.4 Å². The number of hydrogen-bond acceptors (Lipinski definition) is 3. The normalized spacial score (nSPS) is 15.9. The molecule has 0 atom stereocenters. The van der Waals surface area contributed by atoms with Crippen LogP contribution in [0.15, 0.2) is 53.0 Å². The number of amides is 1. The van der Waals surface area contributed by atoms with Crippen LogP contribution in [0.3, 0.4) is 0 Å². The highest BCUT2D eigenvalue weighted by atomic mass is 79.9. The number of nitrogens with zero attached hydrogens (tertiary/aromatic N) is 2. The number of hydrogen-bond donors (Lipinski definition) is 1. The number of halogens is 2. The number of rotatable bonds is 5. The number of anilines is 1. The van der Waals surface area contributed by atoms with E-state index < -0.39 is 0 Å². The topological polar surface area (TPSA) is 35.6 Å². The zero-order valence-corrected chi connectivity index (χ0v) is 15.5. The summed E-state index contributed by atoms with van der Waals surface area (Å²) in [6.07, 6.45) is 0. The minimum atomic E-state index is -0.306. The summed E-state index contributed by atoms with van der Waals surface area (Å²) in [5.41, 5.74) is 1.92. The Morgan fingerprint density at radius 3 is 2.20 bits per heavy atom. The van der Waals surface area contributed by atoms with E-state index in [0.29, 0.717) is 12.2 Å². The summed E-state index contributed by atoms with van der Waals surface area (Å²) in [6.45, 7) is 4.92. The van der Waals surface area contributed by atoms with Gasteiger partial charge in [0.05, 0.1) is 6.54 Å². The van der Waals surface area contributed by atoms with Crippen LogP contribution >= 0.6 is 15.9 Å². The molecule has 1 aliphatic rings. The second-order valence-corrected chi connectivity index (χ2v) is 7.15. The zero-order chi connectivity index (χ0) is 17.6. The fourth-order valence-electron chi connectivity index (χ4n) is 2.89. The van der Waals surface area contributed by atoms with Crippen molar-refractivity contribution in [3.8, 4) is 0 Å². The van der Waals surface area contributed by atoms with Crippen molar-refractivity contribution in [3.05, 3.63) is 64.4 Å². The van der Waals surface area contributed by atoms with Crippen LogP contribution in [-0.2, 0) is 11.3 Å². The lowest BCUT2D eigenvalue weighted by Gasteiger charge is -2.34. The monoisotopic (exact) mass is 405 g/mol. The molecule has 1 fully saturated rings. The third kappa shape index (κ3) is 5.63. The summed E-state index contributed by atoms with van der Waals surface area (Å²) < 4.78 is 14.0. The van der Waals surface area contributed by atoms with E-state index in [9.17, 15) is 9.18 Å². The van der Waals surface area contributed by atoms with E-state index in [-0.39, 0.29) is 11.7 Å². The smallest absolute Gasteiger partial charge is 0.238 e. The highest BCUT2D eigenvalue weighted by Crippen LogP contribution is 2.14. The molecule has 0 aliphatic carbocycles. The summed E-state index contributed by atoms with van der Waals surface area (Å²) in [7, 11) is 0. The van der Waals surface area contributed by atoms with Crippen LogP contribution in [0.4, 0.5) is 10.1 Å². The summed E-state index contributed by atoms with van der Waals surface area (Å²) >= 11 is 3.45. The van der Waals surface area contributed by atoms with Crippen molar-refractivity contribution >= 4 is 27.5 Å². The van der Waals surface area contributed by atoms with Gasteiger partial charge in [-0.1, -0.05) is 28.1 Å². The molecule has 1 saturated heterocycles. The van der Waals surface area contributed by atoms with Gasteiger partial charge in [0.15, 0.2) is 0 Å². The molecule has 2 aromatic carbocycles. The van der Waals surface area contributed by atoms with Crippen LogP contribution in [0.5, 0.6) is 0 Å². The lowest BCUT2D eigenvalue weighted by atomic mass is 10.2. The minimum absolute atomic E-state index is 0.0621. The van der Waals surface area contributed by atoms with E-state index in [0.717, 1.165) is 37.2 Å². The van der Waals surface area contributed by atoms with E-state index in [1.54, 1.807) is 12.1 Å². The molecular weight excluding hydrogens is 385 g/mol. The van der Waals surface area contributed by atoms with Crippen molar-refractivity contribution in [2.24, 2.45) is 0 Å². The maximum atomic E-state index is 12.9. The molecule has 4 nitrogen and oxygen atoms in total. The molecule has 1 N–H and O–H groups in total. The number of nitrogens with one attached hydrogen (secondary N) is 1. The lowest BCUT2D eigenvalue weighted by molar-refractivity contribution is -0.117. The van der Waals surface area contributed by atoms with Crippen molar-refractivity contribution in [3.63, 3.8) is 0 Å². The number of piperazine rings is 1.